The number of H-pyrrole nitrogens is 1. The number of hydrogen-bond donors (Lipinski definition) is 3. The fraction of sp³-hybridized carbons (Fsp3) is 0.698. The summed E-state index contributed by atoms with van der Waals surface area (Å²) in [6, 6.07) is 7.31. The number of esters is 1. The van der Waals surface area contributed by atoms with E-state index in [0.29, 0.717) is 25.9 Å². The van der Waals surface area contributed by atoms with E-state index in [9.17, 15) is 14.4 Å². The third-order valence-corrected chi connectivity index (χ3v) is 9.17. The number of para-hydroxylation sites is 1. The number of nitrogens with one attached hydrogen (secondary N) is 2. The number of benzene rings is 1. The molecular weight excluding hydrogens is 624 g/mol. The van der Waals surface area contributed by atoms with E-state index >= 15 is 0 Å². The number of hydrogen-bond acceptors (Lipinski definition) is 4. The minimum atomic E-state index is -0.664. The number of ether oxygens (including phenoxy) is 1. The summed E-state index contributed by atoms with van der Waals surface area (Å²) in [7, 11) is 0. The van der Waals surface area contributed by atoms with Gasteiger partial charge < -0.3 is 20.1 Å². The number of fused-ring (bicyclic) bond motifs is 1. The molecule has 0 unspecified atom stereocenters. The van der Waals surface area contributed by atoms with Crippen LogP contribution in [0.1, 0.15) is 180 Å². The van der Waals surface area contributed by atoms with E-state index in [1.807, 2.05) is 30.5 Å². The number of amides is 1. The van der Waals surface area contributed by atoms with Crippen LogP contribution in [0, 0.1) is 0 Å². The molecule has 3 N–H and O–H groups in total. The molecule has 2 rings (SSSR count). The van der Waals surface area contributed by atoms with E-state index in [-0.39, 0.29) is 11.9 Å². The van der Waals surface area contributed by atoms with E-state index in [1.54, 1.807) is 6.92 Å². The maximum atomic E-state index is 12.4. The molecule has 2 aromatic rings. The Bertz CT molecular complexity index is 1160. The Kier molecular flexibility index (Phi) is 28.6. The SMILES string of the molecule is CCCCCCCC/C=C/CCCCCCCC(=O)O.CCCCCCCCCCCC(=O)N[C@@H](Cc1c[nH]c2ccccc12)C(=O)OCC. The standard InChI is InChI=1S/C25H38N2O3.C18H34O2/c1-3-5-6-7-8-9-10-11-12-17-24(28)27-23(25(29)30-4-2)18-20-19-26-22-16-14-13-15-21(20)22;1-2-3-4-5-6-7-8-9-10-11-12-13-14-15-16-17-18(19)20/h13-16,19,23,26H,3-12,17-18H2,1-2H3,(H,27,28);9-10H,2-8,11-17H2,1H3,(H,19,20)/b;10-9+/t23-;/m0./s1. The van der Waals surface area contributed by atoms with E-state index < -0.39 is 12.0 Å². The minimum Gasteiger partial charge on any atom is -0.481 e. The molecule has 50 heavy (non-hydrogen) atoms. The number of aliphatic carboxylic acids is 1. The predicted octanol–water partition coefficient (Wildman–Crippen LogP) is 11.8. The maximum absolute atomic E-state index is 12.4. The lowest BCUT2D eigenvalue weighted by molar-refractivity contribution is -0.147. The zero-order chi connectivity index (χ0) is 36.5. The molecule has 0 saturated heterocycles. The average Bonchev–Trinajstić information content (AvgIpc) is 3.52. The van der Waals surface area contributed by atoms with E-state index in [2.05, 4.69) is 36.3 Å². The van der Waals surface area contributed by atoms with Crippen LogP contribution in [0.5, 0.6) is 0 Å². The molecule has 0 aliphatic carbocycles. The van der Waals surface area contributed by atoms with Gasteiger partial charge in [0.15, 0.2) is 0 Å². The third-order valence-electron chi connectivity index (χ3n) is 9.17. The number of carbonyl (C=O) groups excluding carboxylic acids is 2. The summed E-state index contributed by atoms with van der Waals surface area (Å²) in [5.41, 5.74) is 2.03. The van der Waals surface area contributed by atoms with Gasteiger partial charge in [0.05, 0.1) is 6.61 Å². The van der Waals surface area contributed by atoms with Crippen molar-refractivity contribution in [2.45, 2.75) is 187 Å². The molecule has 0 saturated carbocycles. The quantitative estimate of drug-likeness (QED) is 0.0428. The molecule has 1 aromatic heterocycles. The van der Waals surface area contributed by atoms with Crippen molar-refractivity contribution in [2.24, 2.45) is 0 Å². The second-order valence-corrected chi connectivity index (χ2v) is 13.7. The predicted molar refractivity (Wildman–Crippen MR) is 209 cm³/mol. The summed E-state index contributed by atoms with van der Waals surface area (Å²) in [5, 5.41) is 12.5. The molecule has 7 nitrogen and oxygen atoms in total. The molecule has 0 aliphatic rings. The number of allylic oxidation sites excluding steroid dienone is 2. The number of rotatable bonds is 30. The van der Waals surface area contributed by atoms with Gasteiger partial charge in [0, 0.05) is 36.4 Å². The van der Waals surface area contributed by atoms with Gasteiger partial charge >= 0.3 is 11.9 Å². The van der Waals surface area contributed by atoms with Gasteiger partial charge in [-0.1, -0.05) is 147 Å². The summed E-state index contributed by atoms with van der Waals surface area (Å²) in [4.78, 5) is 38.4. The normalized spacial score (nSPS) is 11.7. The van der Waals surface area contributed by atoms with Crippen molar-refractivity contribution in [1.82, 2.24) is 10.3 Å². The van der Waals surface area contributed by atoms with Crippen LogP contribution < -0.4 is 5.32 Å². The van der Waals surface area contributed by atoms with Gasteiger partial charge in [-0.25, -0.2) is 4.79 Å². The molecule has 1 atom stereocenters. The van der Waals surface area contributed by atoms with Crippen LogP contribution in [-0.4, -0.2) is 40.6 Å². The summed E-state index contributed by atoms with van der Waals surface area (Å²) < 4.78 is 5.20. The Morgan fingerprint density at radius 3 is 1.74 bits per heavy atom. The zero-order valence-electron chi connectivity index (χ0n) is 32.1. The maximum Gasteiger partial charge on any atom is 0.328 e. The number of carbonyl (C=O) groups is 3. The second kappa shape index (κ2) is 31.9. The van der Waals surface area contributed by atoms with Gasteiger partial charge in [-0.05, 0) is 57.1 Å². The fourth-order valence-electron chi connectivity index (χ4n) is 6.17. The molecule has 1 heterocycles. The lowest BCUT2D eigenvalue weighted by Crippen LogP contribution is -2.43. The molecule has 284 valence electrons. The topological polar surface area (TPSA) is 108 Å². The van der Waals surface area contributed by atoms with Crippen molar-refractivity contribution < 1.29 is 24.2 Å². The van der Waals surface area contributed by atoms with Crippen LogP contribution in [0.15, 0.2) is 42.6 Å². The first-order valence-electron chi connectivity index (χ1n) is 20.3. The van der Waals surface area contributed by atoms with Crippen molar-refractivity contribution in [3.8, 4) is 0 Å². The lowest BCUT2D eigenvalue weighted by Gasteiger charge is -2.17. The average molecular weight is 697 g/mol. The monoisotopic (exact) mass is 697 g/mol. The summed E-state index contributed by atoms with van der Waals surface area (Å²) in [5.74, 6) is -1.11. The molecular formula is C43H72N2O5. The van der Waals surface area contributed by atoms with Crippen molar-refractivity contribution in [2.75, 3.05) is 6.61 Å². The minimum absolute atomic E-state index is 0.0733. The van der Waals surface area contributed by atoms with Gasteiger partial charge in [0.1, 0.15) is 6.04 Å². The number of carboxylic acid groups (broad SMARTS) is 1. The first kappa shape index (κ1) is 44.9. The molecule has 7 heteroatoms. The largest absolute Gasteiger partial charge is 0.481 e. The zero-order valence-corrected chi connectivity index (χ0v) is 32.1. The third kappa shape index (κ3) is 24.1. The second-order valence-electron chi connectivity index (χ2n) is 13.7. The number of unbranched alkanes of at least 4 members (excludes halogenated alkanes) is 19. The molecule has 0 spiro atoms. The van der Waals surface area contributed by atoms with Crippen LogP contribution in [0.3, 0.4) is 0 Å². The highest BCUT2D eigenvalue weighted by Gasteiger charge is 2.23. The number of aromatic nitrogens is 1. The van der Waals surface area contributed by atoms with Gasteiger partial charge in [-0.15, -0.1) is 0 Å². The lowest BCUT2D eigenvalue weighted by atomic mass is 10.0. The number of aromatic amines is 1. The van der Waals surface area contributed by atoms with Crippen molar-refractivity contribution in [3.63, 3.8) is 0 Å². The Balaban J connectivity index is 0.000000546. The first-order valence-corrected chi connectivity index (χ1v) is 20.3. The smallest absolute Gasteiger partial charge is 0.328 e. The van der Waals surface area contributed by atoms with Gasteiger partial charge in [0.25, 0.3) is 0 Å². The summed E-state index contributed by atoms with van der Waals surface area (Å²) in [6.45, 7) is 6.58. The fourth-order valence-corrected chi connectivity index (χ4v) is 6.17. The van der Waals surface area contributed by atoms with Crippen LogP contribution in [-0.2, 0) is 25.5 Å². The van der Waals surface area contributed by atoms with Crippen molar-refractivity contribution in [3.05, 3.63) is 48.2 Å². The van der Waals surface area contributed by atoms with Crippen LogP contribution in [0.2, 0.25) is 0 Å². The van der Waals surface area contributed by atoms with E-state index in [0.717, 1.165) is 42.1 Å². The summed E-state index contributed by atoms with van der Waals surface area (Å²) >= 11 is 0. The van der Waals surface area contributed by atoms with Crippen LogP contribution in [0.4, 0.5) is 0 Å². The highest BCUT2D eigenvalue weighted by Crippen LogP contribution is 2.20. The molecule has 0 fully saturated rings. The Hall–Kier alpha value is -3.09. The highest BCUT2D eigenvalue weighted by molar-refractivity contribution is 5.87. The number of carboxylic acids is 1. The van der Waals surface area contributed by atoms with Gasteiger partial charge in [-0.3, -0.25) is 9.59 Å². The van der Waals surface area contributed by atoms with Crippen LogP contribution >= 0.6 is 0 Å². The Labute approximate surface area is 304 Å². The van der Waals surface area contributed by atoms with Crippen molar-refractivity contribution in [1.29, 1.82) is 0 Å². The highest BCUT2D eigenvalue weighted by atomic mass is 16.5. The molecule has 0 aliphatic heterocycles. The molecule has 1 amide bonds. The van der Waals surface area contributed by atoms with Gasteiger partial charge in [0.2, 0.25) is 5.91 Å². The summed E-state index contributed by atoms with van der Waals surface area (Å²) in [6.07, 6.45) is 34.9. The first-order chi connectivity index (χ1) is 24.4. The molecule has 0 bridgehead atoms. The van der Waals surface area contributed by atoms with E-state index in [1.165, 1.54) is 116 Å². The Morgan fingerprint density at radius 2 is 1.20 bits per heavy atom. The van der Waals surface area contributed by atoms with Crippen molar-refractivity contribution >= 4 is 28.7 Å². The van der Waals surface area contributed by atoms with Gasteiger partial charge in [-0.2, -0.15) is 0 Å². The Morgan fingerprint density at radius 1 is 0.700 bits per heavy atom. The van der Waals surface area contributed by atoms with E-state index in [4.69, 9.17) is 9.84 Å². The molecule has 0 radical (unpaired) electrons. The molecule has 1 aromatic carbocycles. The van der Waals surface area contributed by atoms with Crippen LogP contribution in [0.25, 0.3) is 10.9 Å².